The van der Waals surface area contributed by atoms with Gasteiger partial charge in [-0.3, -0.25) is 0 Å². The average Bonchev–Trinajstić information content (AvgIpc) is 2.68. The molecule has 1 N–H and O–H groups in total. The molecule has 0 saturated carbocycles. The van der Waals surface area contributed by atoms with Gasteiger partial charge in [-0.25, -0.2) is 18.1 Å². The van der Waals surface area contributed by atoms with E-state index < -0.39 is 10.0 Å². The highest BCUT2D eigenvalue weighted by Gasteiger charge is 2.14. The summed E-state index contributed by atoms with van der Waals surface area (Å²) in [6.45, 7) is 4.22. The van der Waals surface area contributed by atoms with Crippen LogP contribution in [0.15, 0.2) is 29.2 Å². The van der Waals surface area contributed by atoms with Crippen LogP contribution in [0.2, 0.25) is 5.02 Å². The van der Waals surface area contributed by atoms with Crippen LogP contribution in [0.5, 0.6) is 0 Å². The van der Waals surface area contributed by atoms with Crippen LogP contribution >= 0.6 is 22.9 Å². The molecular formula is C13H15ClN2O2S2. The van der Waals surface area contributed by atoms with Gasteiger partial charge in [-0.2, -0.15) is 0 Å². The summed E-state index contributed by atoms with van der Waals surface area (Å²) in [7, 11) is -3.51. The Morgan fingerprint density at radius 1 is 1.35 bits per heavy atom. The zero-order chi connectivity index (χ0) is 14.8. The number of hydrogen-bond donors (Lipinski definition) is 1. The first-order valence-corrected chi connectivity index (χ1v) is 8.74. The molecule has 20 heavy (non-hydrogen) atoms. The van der Waals surface area contributed by atoms with Gasteiger partial charge in [0.05, 0.1) is 15.6 Å². The molecule has 0 bridgehead atoms. The summed E-state index contributed by atoms with van der Waals surface area (Å²) in [5, 5.41) is 1.40. The van der Waals surface area contributed by atoms with Gasteiger partial charge in [0.2, 0.25) is 10.0 Å². The van der Waals surface area contributed by atoms with Gasteiger partial charge >= 0.3 is 0 Å². The Bertz CT molecular complexity index is 711. The molecule has 0 fully saturated rings. The lowest BCUT2D eigenvalue weighted by Crippen LogP contribution is -2.25. The molecule has 2 rings (SSSR count). The van der Waals surface area contributed by atoms with Crippen LogP contribution in [0.1, 0.15) is 15.6 Å². The van der Waals surface area contributed by atoms with Crippen molar-refractivity contribution < 1.29 is 8.42 Å². The molecule has 0 amide bonds. The maximum atomic E-state index is 12.1. The Balaban J connectivity index is 2.01. The second-order valence-electron chi connectivity index (χ2n) is 4.35. The number of aromatic nitrogens is 1. The highest BCUT2D eigenvalue weighted by molar-refractivity contribution is 7.89. The maximum Gasteiger partial charge on any atom is 0.240 e. The number of halogens is 1. The maximum absolute atomic E-state index is 12.1. The Hall–Kier alpha value is -0.950. The van der Waals surface area contributed by atoms with Crippen molar-refractivity contribution in [1.82, 2.24) is 9.71 Å². The fraction of sp³-hybridized carbons (Fsp3) is 0.308. The summed E-state index contributed by atoms with van der Waals surface area (Å²) in [6.07, 6.45) is 0.636. The lowest BCUT2D eigenvalue weighted by Gasteiger charge is -2.06. The first-order valence-electron chi connectivity index (χ1n) is 6.06. The highest BCUT2D eigenvalue weighted by Crippen LogP contribution is 2.18. The van der Waals surface area contributed by atoms with E-state index in [2.05, 4.69) is 9.71 Å². The van der Waals surface area contributed by atoms with Crippen LogP contribution in [-0.2, 0) is 16.4 Å². The summed E-state index contributed by atoms with van der Waals surface area (Å²) in [5.41, 5.74) is 0.967. The number of sulfonamides is 1. The van der Waals surface area contributed by atoms with E-state index in [1.54, 1.807) is 23.5 Å². The monoisotopic (exact) mass is 330 g/mol. The van der Waals surface area contributed by atoms with E-state index in [1.807, 2.05) is 13.8 Å². The van der Waals surface area contributed by atoms with Gasteiger partial charge in [-0.1, -0.05) is 17.7 Å². The van der Waals surface area contributed by atoms with Crippen LogP contribution in [0.3, 0.4) is 0 Å². The highest BCUT2D eigenvalue weighted by atomic mass is 35.5. The topological polar surface area (TPSA) is 59.1 Å². The predicted octanol–water partition coefficient (Wildman–Crippen LogP) is 2.93. The molecule has 7 heteroatoms. The van der Waals surface area contributed by atoms with Crippen molar-refractivity contribution >= 4 is 33.0 Å². The third-order valence-electron chi connectivity index (χ3n) is 2.75. The first-order chi connectivity index (χ1) is 9.38. The van der Waals surface area contributed by atoms with Crippen LogP contribution < -0.4 is 4.72 Å². The SMILES string of the molecule is Cc1nc(C)c(CCNS(=O)(=O)c2cccc(Cl)c2)s1. The minimum absolute atomic E-state index is 0.183. The second kappa shape index (κ2) is 6.22. The van der Waals surface area contributed by atoms with Crippen LogP contribution in [0.25, 0.3) is 0 Å². The molecule has 108 valence electrons. The molecule has 2 aromatic rings. The van der Waals surface area contributed by atoms with Gasteiger partial charge in [-0.15, -0.1) is 11.3 Å². The number of nitrogens with zero attached hydrogens (tertiary/aromatic N) is 1. The average molecular weight is 331 g/mol. The van der Waals surface area contributed by atoms with E-state index in [4.69, 9.17) is 11.6 Å². The molecule has 0 unspecified atom stereocenters. The normalized spacial score (nSPS) is 11.8. The number of hydrogen-bond acceptors (Lipinski definition) is 4. The lowest BCUT2D eigenvalue weighted by molar-refractivity contribution is 0.581. The third kappa shape index (κ3) is 3.79. The van der Waals surface area contributed by atoms with Crippen molar-refractivity contribution in [3.63, 3.8) is 0 Å². The molecule has 1 aromatic heterocycles. The van der Waals surface area contributed by atoms with E-state index in [0.29, 0.717) is 18.0 Å². The molecule has 1 aromatic carbocycles. The first kappa shape index (κ1) is 15.4. The van der Waals surface area contributed by atoms with Crippen molar-refractivity contribution in [2.75, 3.05) is 6.54 Å². The molecule has 0 aliphatic carbocycles. The van der Waals surface area contributed by atoms with Crippen molar-refractivity contribution in [2.45, 2.75) is 25.2 Å². The van der Waals surface area contributed by atoms with Gasteiger partial charge in [0.15, 0.2) is 0 Å². The van der Waals surface area contributed by atoms with E-state index in [0.717, 1.165) is 15.6 Å². The molecule has 1 heterocycles. The van der Waals surface area contributed by atoms with Crippen molar-refractivity contribution in [3.8, 4) is 0 Å². The minimum atomic E-state index is -3.51. The summed E-state index contributed by atoms with van der Waals surface area (Å²) >= 11 is 7.40. The van der Waals surface area contributed by atoms with E-state index in [9.17, 15) is 8.42 Å². The van der Waals surface area contributed by atoms with Gasteiger partial charge in [0, 0.05) is 16.4 Å². The smallest absolute Gasteiger partial charge is 0.240 e. The summed E-state index contributed by atoms with van der Waals surface area (Å²) < 4.78 is 26.7. The number of aryl methyl sites for hydroxylation is 2. The zero-order valence-corrected chi connectivity index (χ0v) is 13.6. The lowest BCUT2D eigenvalue weighted by atomic mass is 10.3. The Morgan fingerprint density at radius 3 is 2.70 bits per heavy atom. The van der Waals surface area contributed by atoms with Crippen molar-refractivity contribution in [3.05, 3.63) is 44.9 Å². The van der Waals surface area contributed by atoms with Crippen molar-refractivity contribution in [1.29, 1.82) is 0 Å². The molecule has 0 spiro atoms. The second-order valence-corrected chi connectivity index (χ2v) is 7.84. The van der Waals surface area contributed by atoms with Crippen molar-refractivity contribution in [2.24, 2.45) is 0 Å². The molecule has 4 nitrogen and oxygen atoms in total. The summed E-state index contributed by atoms with van der Waals surface area (Å²) in [4.78, 5) is 5.61. The largest absolute Gasteiger partial charge is 0.247 e. The number of rotatable bonds is 5. The van der Waals surface area contributed by atoms with Gasteiger partial charge in [0.25, 0.3) is 0 Å². The van der Waals surface area contributed by atoms with Gasteiger partial charge in [-0.05, 0) is 38.5 Å². The summed E-state index contributed by atoms with van der Waals surface area (Å²) in [6, 6.07) is 6.22. The zero-order valence-electron chi connectivity index (χ0n) is 11.2. The predicted molar refractivity (Wildman–Crippen MR) is 81.9 cm³/mol. The fourth-order valence-electron chi connectivity index (χ4n) is 1.82. The van der Waals surface area contributed by atoms with Crippen LogP contribution in [0.4, 0.5) is 0 Å². The van der Waals surface area contributed by atoms with Crippen LogP contribution in [0, 0.1) is 13.8 Å². The van der Waals surface area contributed by atoms with Gasteiger partial charge in [0.1, 0.15) is 0 Å². The van der Waals surface area contributed by atoms with E-state index in [-0.39, 0.29) is 4.90 Å². The molecule has 0 radical (unpaired) electrons. The Morgan fingerprint density at radius 2 is 2.10 bits per heavy atom. The van der Waals surface area contributed by atoms with E-state index in [1.165, 1.54) is 12.1 Å². The quantitative estimate of drug-likeness (QED) is 0.917. The molecule has 0 saturated heterocycles. The number of thiazole rings is 1. The molecule has 0 atom stereocenters. The molecular weight excluding hydrogens is 316 g/mol. The van der Waals surface area contributed by atoms with Gasteiger partial charge < -0.3 is 0 Å². The molecule has 0 aliphatic heterocycles. The summed E-state index contributed by atoms with van der Waals surface area (Å²) in [5.74, 6) is 0. The number of benzene rings is 1. The standard InChI is InChI=1S/C13H15ClN2O2S2/c1-9-13(19-10(2)16-9)6-7-15-20(17,18)12-5-3-4-11(14)8-12/h3-5,8,15H,6-7H2,1-2H3. The number of nitrogens with one attached hydrogen (secondary N) is 1. The minimum Gasteiger partial charge on any atom is -0.247 e. The Labute approximate surface area is 127 Å². The van der Waals surface area contributed by atoms with Crippen LogP contribution in [-0.4, -0.2) is 19.9 Å². The van der Waals surface area contributed by atoms with E-state index >= 15 is 0 Å². The fourth-order valence-corrected chi connectivity index (χ4v) is 4.09. The molecule has 0 aliphatic rings. The third-order valence-corrected chi connectivity index (χ3v) is 5.58. The Kier molecular flexibility index (Phi) is 4.80.